The average molecular weight is 238 g/mol. The monoisotopic (exact) mass is 237 g/mol. The first-order valence-corrected chi connectivity index (χ1v) is 4.32. The Bertz CT molecular complexity index is 277. The van der Waals surface area contributed by atoms with E-state index in [1.165, 1.54) is 0 Å². The maximum absolute atomic E-state index is 12.7. The van der Waals surface area contributed by atoms with Crippen LogP contribution in [0, 0.1) is 5.82 Å². The molecule has 0 N–H and O–H groups in total. The van der Waals surface area contributed by atoms with Crippen molar-refractivity contribution >= 4 is 27.5 Å². The Morgan fingerprint density at radius 3 is 2.91 bits per heavy atom. The molecule has 4 heteroatoms. The summed E-state index contributed by atoms with van der Waals surface area (Å²) in [6.45, 7) is 1.92. The summed E-state index contributed by atoms with van der Waals surface area (Å²) in [4.78, 5) is 3.82. The minimum absolute atomic E-state index is 0.297. The quantitative estimate of drug-likeness (QED) is 0.732. The fourth-order valence-corrected chi connectivity index (χ4v) is 1.33. The van der Waals surface area contributed by atoms with Gasteiger partial charge in [-0.3, -0.25) is 4.98 Å². The third kappa shape index (κ3) is 1.71. The lowest BCUT2D eigenvalue weighted by Crippen LogP contribution is -1.91. The van der Waals surface area contributed by atoms with Crippen molar-refractivity contribution in [2.75, 3.05) is 0 Å². The van der Waals surface area contributed by atoms with Gasteiger partial charge in [0.1, 0.15) is 0 Å². The third-order valence-corrected chi connectivity index (χ3v) is 2.74. The van der Waals surface area contributed by atoms with Crippen LogP contribution in [0.25, 0.3) is 0 Å². The summed E-state index contributed by atoms with van der Waals surface area (Å²) in [6, 6.07) is 0. The zero-order valence-electron chi connectivity index (χ0n) is 5.87. The molecule has 0 saturated carbocycles. The molecule has 0 spiro atoms. The van der Waals surface area contributed by atoms with Gasteiger partial charge in [-0.05, 0) is 22.4 Å². The summed E-state index contributed by atoms with van der Waals surface area (Å²) >= 11 is 8.77. The van der Waals surface area contributed by atoms with Gasteiger partial charge in [-0.25, -0.2) is 4.39 Å². The molecule has 0 aliphatic rings. The molecule has 0 amide bonds. The molecular weight excluding hydrogens is 232 g/mol. The maximum atomic E-state index is 12.7. The molecule has 60 valence electrons. The summed E-state index contributed by atoms with van der Waals surface area (Å²) in [5, 5.41) is 0.368. The van der Waals surface area contributed by atoms with E-state index < -0.39 is 5.82 Å². The molecule has 1 rings (SSSR count). The second kappa shape index (κ2) is 3.50. The van der Waals surface area contributed by atoms with Gasteiger partial charge in [0, 0.05) is 0 Å². The van der Waals surface area contributed by atoms with Gasteiger partial charge in [0.05, 0.1) is 21.4 Å². The number of pyridine rings is 1. The van der Waals surface area contributed by atoms with Crippen molar-refractivity contribution < 1.29 is 4.39 Å². The second-order valence-electron chi connectivity index (χ2n) is 2.03. The number of hydrogen-bond acceptors (Lipinski definition) is 1. The summed E-state index contributed by atoms with van der Waals surface area (Å²) in [7, 11) is 0. The number of halogens is 3. The highest BCUT2D eigenvalue weighted by molar-refractivity contribution is 9.10. The first kappa shape index (κ1) is 8.94. The van der Waals surface area contributed by atoms with Crippen molar-refractivity contribution in [3.63, 3.8) is 0 Å². The lowest BCUT2D eigenvalue weighted by Gasteiger charge is -2.01. The van der Waals surface area contributed by atoms with Crippen LogP contribution in [-0.2, 0) is 6.42 Å². The fraction of sp³-hybridized carbons (Fsp3) is 0.286. The Morgan fingerprint density at radius 2 is 2.36 bits per heavy atom. The van der Waals surface area contributed by atoms with Gasteiger partial charge >= 0.3 is 0 Å². The summed E-state index contributed by atoms with van der Waals surface area (Å²) < 4.78 is 13.0. The van der Waals surface area contributed by atoms with E-state index in [0.29, 0.717) is 21.6 Å². The molecule has 1 heterocycles. The molecule has 0 atom stereocenters. The molecule has 0 unspecified atom stereocenters. The van der Waals surface area contributed by atoms with Crippen molar-refractivity contribution in [3.8, 4) is 0 Å². The Morgan fingerprint density at radius 1 is 1.73 bits per heavy atom. The van der Waals surface area contributed by atoms with Crippen LogP contribution in [0.5, 0.6) is 0 Å². The number of hydrogen-bond donors (Lipinski definition) is 0. The van der Waals surface area contributed by atoms with Crippen LogP contribution < -0.4 is 0 Å². The van der Waals surface area contributed by atoms with Crippen LogP contribution in [0.3, 0.4) is 0 Å². The molecule has 1 aromatic rings. The Hall–Kier alpha value is -0.150. The van der Waals surface area contributed by atoms with Crippen LogP contribution in [0.4, 0.5) is 4.39 Å². The zero-order chi connectivity index (χ0) is 8.43. The molecule has 0 saturated heterocycles. The molecule has 0 radical (unpaired) electrons. The number of nitrogens with zero attached hydrogens (tertiary/aromatic N) is 1. The van der Waals surface area contributed by atoms with Crippen LogP contribution in [0.1, 0.15) is 12.6 Å². The van der Waals surface area contributed by atoms with E-state index in [1.54, 1.807) is 0 Å². The fourth-order valence-electron chi connectivity index (χ4n) is 0.726. The first-order chi connectivity index (χ1) is 5.16. The number of rotatable bonds is 1. The minimum Gasteiger partial charge on any atom is -0.257 e. The van der Waals surface area contributed by atoms with E-state index in [2.05, 4.69) is 20.9 Å². The number of aromatic nitrogens is 1. The first-order valence-electron chi connectivity index (χ1n) is 3.15. The molecule has 0 fully saturated rings. The van der Waals surface area contributed by atoms with E-state index in [1.807, 2.05) is 6.92 Å². The van der Waals surface area contributed by atoms with Crippen molar-refractivity contribution in [2.24, 2.45) is 0 Å². The SMILES string of the molecule is CCc1ncc(F)c(Br)c1Cl. The van der Waals surface area contributed by atoms with Gasteiger partial charge in [0.2, 0.25) is 0 Å². The van der Waals surface area contributed by atoms with Crippen molar-refractivity contribution in [1.82, 2.24) is 4.98 Å². The lowest BCUT2D eigenvalue weighted by atomic mass is 10.3. The highest BCUT2D eigenvalue weighted by atomic mass is 79.9. The highest BCUT2D eigenvalue weighted by Gasteiger charge is 2.08. The Labute approximate surface area is 77.7 Å². The predicted octanol–water partition coefficient (Wildman–Crippen LogP) is 3.20. The summed E-state index contributed by atoms with van der Waals surface area (Å²) in [5.74, 6) is -0.424. The Kier molecular flexibility index (Phi) is 2.84. The van der Waals surface area contributed by atoms with Gasteiger partial charge in [-0.15, -0.1) is 0 Å². The maximum Gasteiger partial charge on any atom is 0.157 e. The second-order valence-corrected chi connectivity index (χ2v) is 3.21. The molecular formula is C7H6BrClFN. The Balaban J connectivity index is 3.25. The van der Waals surface area contributed by atoms with Crippen LogP contribution >= 0.6 is 27.5 Å². The molecule has 0 aliphatic heterocycles. The van der Waals surface area contributed by atoms with Crippen molar-refractivity contribution in [2.45, 2.75) is 13.3 Å². The van der Waals surface area contributed by atoms with Gasteiger partial charge in [0.25, 0.3) is 0 Å². The summed E-state index contributed by atoms with van der Waals surface area (Å²) in [6.07, 6.45) is 1.87. The molecule has 1 aromatic heterocycles. The van der Waals surface area contributed by atoms with E-state index in [-0.39, 0.29) is 0 Å². The van der Waals surface area contributed by atoms with Crippen LogP contribution in [0.15, 0.2) is 10.7 Å². The van der Waals surface area contributed by atoms with E-state index in [9.17, 15) is 4.39 Å². The van der Waals surface area contributed by atoms with Gasteiger partial charge < -0.3 is 0 Å². The molecule has 0 bridgehead atoms. The summed E-state index contributed by atoms with van der Waals surface area (Å²) in [5.41, 5.74) is 0.708. The normalized spacial score (nSPS) is 10.2. The van der Waals surface area contributed by atoms with E-state index in [0.717, 1.165) is 6.20 Å². The number of aryl methyl sites for hydroxylation is 1. The lowest BCUT2D eigenvalue weighted by molar-refractivity contribution is 0.612. The third-order valence-electron chi connectivity index (χ3n) is 1.32. The van der Waals surface area contributed by atoms with Crippen molar-refractivity contribution in [1.29, 1.82) is 0 Å². The minimum atomic E-state index is -0.424. The van der Waals surface area contributed by atoms with Crippen molar-refractivity contribution in [3.05, 3.63) is 27.2 Å². The zero-order valence-corrected chi connectivity index (χ0v) is 8.21. The largest absolute Gasteiger partial charge is 0.257 e. The standard InChI is InChI=1S/C7H6BrClFN/c1-2-5-7(9)6(8)4(10)3-11-5/h3H,2H2,1H3. The van der Waals surface area contributed by atoms with Crippen LogP contribution in [-0.4, -0.2) is 4.98 Å². The average Bonchev–Trinajstić information content (AvgIpc) is 2.01. The molecule has 0 aliphatic carbocycles. The highest BCUT2D eigenvalue weighted by Crippen LogP contribution is 2.27. The molecule has 0 aromatic carbocycles. The molecule has 1 nitrogen and oxygen atoms in total. The molecule has 11 heavy (non-hydrogen) atoms. The predicted molar refractivity (Wildman–Crippen MR) is 46.3 cm³/mol. The van der Waals surface area contributed by atoms with Gasteiger partial charge in [0.15, 0.2) is 5.82 Å². The van der Waals surface area contributed by atoms with Crippen LogP contribution in [0.2, 0.25) is 5.02 Å². The van der Waals surface area contributed by atoms with Gasteiger partial charge in [-0.1, -0.05) is 18.5 Å². The van der Waals surface area contributed by atoms with E-state index in [4.69, 9.17) is 11.6 Å². The topological polar surface area (TPSA) is 12.9 Å². The van der Waals surface area contributed by atoms with E-state index >= 15 is 0 Å². The smallest absolute Gasteiger partial charge is 0.157 e. The van der Waals surface area contributed by atoms with Gasteiger partial charge in [-0.2, -0.15) is 0 Å².